The molecule has 0 aliphatic carbocycles. The van der Waals surface area contributed by atoms with E-state index in [9.17, 15) is 4.79 Å². The van der Waals surface area contributed by atoms with Crippen molar-refractivity contribution in [2.75, 3.05) is 5.32 Å². The second kappa shape index (κ2) is 4.44. The van der Waals surface area contributed by atoms with Crippen LogP contribution in [-0.2, 0) is 0 Å². The third-order valence-corrected chi connectivity index (χ3v) is 2.77. The molecule has 2 aromatic rings. The van der Waals surface area contributed by atoms with Crippen molar-refractivity contribution in [2.24, 2.45) is 0 Å². The van der Waals surface area contributed by atoms with Gasteiger partial charge in [0.05, 0.1) is 5.56 Å². The molecule has 0 radical (unpaired) electrons. The second-order valence-corrected chi connectivity index (χ2v) is 4.60. The van der Waals surface area contributed by atoms with Crippen molar-refractivity contribution in [3.05, 3.63) is 28.7 Å². The minimum Gasteiger partial charge on any atom is -0.358 e. The molecule has 6 heteroatoms. The summed E-state index contributed by atoms with van der Waals surface area (Å²) in [6.45, 7) is 4.05. The lowest BCUT2D eigenvalue weighted by Gasteiger charge is -2.02. The van der Waals surface area contributed by atoms with Crippen LogP contribution in [0.4, 0.5) is 5.13 Å². The Labute approximate surface area is 96.6 Å². The minimum absolute atomic E-state index is 0.144. The van der Waals surface area contributed by atoms with Gasteiger partial charge in [0.15, 0.2) is 5.01 Å². The summed E-state index contributed by atoms with van der Waals surface area (Å²) < 4.78 is 0. The summed E-state index contributed by atoms with van der Waals surface area (Å²) in [5.74, 6) is 0. The molecule has 0 atom stereocenters. The quantitative estimate of drug-likeness (QED) is 0.851. The fourth-order valence-electron chi connectivity index (χ4n) is 1.23. The van der Waals surface area contributed by atoms with E-state index in [1.54, 1.807) is 18.3 Å². The molecule has 0 bridgehead atoms. The van der Waals surface area contributed by atoms with Gasteiger partial charge in [0.25, 0.3) is 5.56 Å². The Morgan fingerprint density at radius 1 is 1.44 bits per heavy atom. The maximum atomic E-state index is 11.5. The lowest BCUT2D eigenvalue weighted by molar-refractivity contribution is 0.888. The molecule has 2 heterocycles. The summed E-state index contributed by atoms with van der Waals surface area (Å²) in [6.07, 6.45) is 1.60. The number of aromatic nitrogens is 3. The van der Waals surface area contributed by atoms with Gasteiger partial charge in [-0.15, -0.1) is 10.2 Å². The van der Waals surface area contributed by atoms with Gasteiger partial charge in [-0.2, -0.15) is 0 Å². The first-order chi connectivity index (χ1) is 7.66. The first-order valence-electron chi connectivity index (χ1n) is 4.95. The zero-order valence-corrected chi connectivity index (χ0v) is 9.84. The predicted molar refractivity (Wildman–Crippen MR) is 64.7 cm³/mol. The number of nitrogens with one attached hydrogen (secondary N) is 2. The van der Waals surface area contributed by atoms with E-state index in [4.69, 9.17) is 0 Å². The zero-order valence-electron chi connectivity index (χ0n) is 9.02. The van der Waals surface area contributed by atoms with Crippen LogP contribution < -0.4 is 10.9 Å². The molecule has 0 fully saturated rings. The number of aromatic amines is 1. The number of hydrogen-bond donors (Lipinski definition) is 2. The van der Waals surface area contributed by atoms with Crippen LogP contribution in [0.25, 0.3) is 10.6 Å². The first kappa shape index (κ1) is 10.8. The van der Waals surface area contributed by atoms with Crippen LogP contribution in [-0.4, -0.2) is 21.2 Å². The monoisotopic (exact) mass is 236 g/mol. The second-order valence-electron chi connectivity index (χ2n) is 3.62. The smallest absolute Gasteiger partial charge is 0.258 e. The van der Waals surface area contributed by atoms with Crippen LogP contribution in [0.1, 0.15) is 13.8 Å². The van der Waals surface area contributed by atoms with Crippen LogP contribution in [0, 0.1) is 0 Å². The van der Waals surface area contributed by atoms with Crippen LogP contribution in [0.3, 0.4) is 0 Å². The van der Waals surface area contributed by atoms with E-state index >= 15 is 0 Å². The highest BCUT2D eigenvalue weighted by atomic mass is 32.1. The average molecular weight is 236 g/mol. The molecule has 0 amide bonds. The van der Waals surface area contributed by atoms with Gasteiger partial charge in [0.2, 0.25) is 5.13 Å². The van der Waals surface area contributed by atoms with Gasteiger partial charge in [0.1, 0.15) is 0 Å². The van der Waals surface area contributed by atoms with Crippen LogP contribution in [0.2, 0.25) is 0 Å². The van der Waals surface area contributed by atoms with E-state index in [1.807, 2.05) is 13.8 Å². The lowest BCUT2D eigenvalue weighted by atomic mass is 10.3. The number of nitrogens with zero attached hydrogens (tertiary/aromatic N) is 2. The van der Waals surface area contributed by atoms with Crippen molar-refractivity contribution in [1.82, 2.24) is 15.2 Å². The number of pyridine rings is 1. The van der Waals surface area contributed by atoms with Crippen LogP contribution >= 0.6 is 11.3 Å². The van der Waals surface area contributed by atoms with E-state index < -0.39 is 0 Å². The number of rotatable bonds is 3. The normalized spacial score (nSPS) is 10.7. The Kier molecular flexibility index (Phi) is 3.00. The summed E-state index contributed by atoms with van der Waals surface area (Å²) in [4.78, 5) is 14.1. The molecular formula is C10H12N4OS. The standard InChI is InChI=1S/C10H12N4OS/c1-6(2)12-10-14-13-9(16-10)7-4-3-5-11-8(7)15/h3-6H,1-2H3,(H,11,15)(H,12,14). The molecule has 0 spiro atoms. The van der Waals surface area contributed by atoms with Crippen molar-refractivity contribution < 1.29 is 0 Å². The Hall–Kier alpha value is -1.69. The van der Waals surface area contributed by atoms with Gasteiger partial charge in [-0.25, -0.2) is 0 Å². The number of H-pyrrole nitrogens is 1. The highest BCUT2D eigenvalue weighted by molar-refractivity contribution is 7.18. The van der Waals surface area contributed by atoms with Gasteiger partial charge in [-0.05, 0) is 26.0 Å². The largest absolute Gasteiger partial charge is 0.358 e. The van der Waals surface area contributed by atoms with Crippen LogP contribution in [0.15, 0.2) is 23.1 Å². The van der Waals surface area contributed by atoms with Gasteiger partial charge >= 0.3 is 0 Å². The highest BCUT2D eigenvalue weighted by Gasteiger charge is 2.09. The van der Waals surface area contributed by atoms with Crippen molar-refractivity contribution in [3.63, 3.8) is 0 Å². The summed E-state index contributed by atoms with van der Waals surface area (Å²) in [7, 11) is 0. The highest BCUT2D eigenvalue weighted by Crippen LogP contribution is 2.23. The van der Waals surface area contributed by atoms with E-state index in [2.05, 4.69) is 20.5 Å². The molecule has 0 saturated carbocycles. The summed E-state index contributed by atoms with van der Waals surface area (Å²) in [5, 5.41) is 12.5. The van der Waals surface area contributed by atoms with Gasteiger partial charge in [0, 0.05) is 12.2 Å². The molecule has 5 nitrogen and oxygen atoms in total. The summed E-state index contributed by atoms with van der Waals surface area (Å²) in [5.41, 5.74) is 0.409. The van der Waals surface area contributed by atoms with Crippen molar-refractivity contribution in [1.29, 1.82) is 0 Å². The molecule has 0 aromatic carbocycles. The van der Waals surface area contributed by atoms with E-state index in [1.165, 1.54) is 11.3 Å². The fourth-order valence-corrected chi connectivity index (χ4v) is 2.14. The molecule has 84 valence electrons. The Balaban J connectivity index is 2.32. The minimum atomic E-state index is -0.144. The van der Waals surface area contributed by atoms with Gasteiger partial charge in [-0.3, -0.25) is 4.79 Å². The molecule has 2 aromatic heterocycles. The number of hydrogen-bond acceptors (Lipinski definition) is 5. The lowest BCUT2D eigenvalue weighted by Crippen LogP contribution is -2.08. The number of anilines is 1. The maximum Gasteiger partial charge on any atom is 0.258 e. The Morgan fingerprint density at radius 2 is 2.25 bits per heavy atom. The Morgan fingerprint density at radius 3 is 2.94 bits per heavy atom. The van der Waals surface area contributed by atoms with Gasteiger partial charge < -0.3 is 10.3 Å². The molecule has 0 aliphatic heterocycles. The summed E-state index contributed by atoms with van der Waals surface area (Å²) in [6, 6.07) is 3.81. The molecule has 0 saturated heterocycles. The topological polar surface area (TPSA) is 70.7 Å². The first-order valence-corrected chi connectivity index (χ1v) is 5.76. The molecule has 2 rings (SSSR count). The zero-order chi connectivity index (χ0) is 11.5. The molecule has 0 aliphatic rings. The maximum absolute atomic E-state index is 11.5. The SMILES string of the molecule is CC(C)Nc1nnc(-c2ccc[nH]c2=O)s1. The van der Waals surface area contributed by atoms with Crippen molar-refractivity contribution in [2.45, 2.75) is 19.9 Å². The van der Waals surface area contributed by atoms with Gasteiger partial charge in [-0.1, -0.05) is 11.3 Å². The predicted octanol–water partition coefficient (Wildman–Crippen LogP) is 1.71. The van der Waals surface area contributed by atoms with E-state index in [-0.39, 0.29) is 5.56 Å². The molecule has 0 unspecified atom stereocenters. The van der Waals surface area contributed by atoms with E-state index in [0.717, 1.165) is 5.13 Å². The van der Waals surface area contributed by atoms with Crippen LogP contribution in [0.5, 0.6) is 0 Å². The van der Waals surface area contributed by atoms with Crippen molar-refractivity contribution >= 4 is 16.5 Å². The third kappa shape index (κ3) is 2.27. The average Bonchev–Trinajstić information content (AvgIpc) is 2.66. The van der Waals surface area contributed by atoms with Crippen molar-refractivity contribution in [3.8, 4) is 10.6 Å². The molecule has 2 N–H and O–H groups in total. The molecular weight excluding hydrogens is 224 g/mol. The third-order valence-electron chi connectivity index (χ3n) is 1.89. The summed E-state index contributed by atoms with van der Waals surface area (Å²) >= 11 is 1.38. The van der Waals surface area contributed by atoms with E-state index in [0.29, 0.717) is 16.6 Å². The Bertz CT molecular complexity index is 531. The molecule has 16 heavy (non-hydrogen) atoms. The fraction of sp³-hybridized carbons (Fsp3) is 0.300.